The Hall–Kier alpha value is -2.60. The lowest BCUT2D eigenvalue weighted by atomic mass is 9.85. The summed E-state index contributed by atoms with van der Waals surface area (Å²) in [5.41, 5.74) is 6.90. The molecule has 3 fully saturated rings. The van der Waals surface area contributed by atoms with Crippen molar-refractivity contribution in [3.8, 4) is 0 Å². The number of ether oxygens (including phenoxy) is 3. The van der Waals surface area contributed by atoms with Crippen molar-refractivity contribution >= 4 is 39.2 Å². The van der Waals surface area contributed by atoms with Gasteiger partial charge in [0.05, 0.1) is 6.61 Å². The molecule has 0 N–H and O–H groups in total. The molecule has 0 aromatic heterocycles. The first-order valence-electron chi connectivity index (χ1n) is 14.6. The Labute approximate surface area is 255 Å². The molecule has 6 heteroatoms. The van der Waals surface area contributed by atoms with Gasteiger partial charge in [-0.3, -0.25) is 0 Å². The van der Waals surface area contributed by atoms with Gasteiger partial charge >= 0.3 is 5.97 Å². The van der Waals surface area contributed by atoms with Gasteiger partial charge in [-0.05, 0) is 89.4 Å². The highest BCUT2D eigenvalue weighted by molar-refractivity contribution is 9.10. The number of benzene rings is 3. The van der Waals surface area contributed by atoms with Crippen molar-refractivity contribution in [1.29, 1.82) is 0 Å². The van der Waals surface area contributed by atoms with Gasteiger partial charge < -0.3 is 14.2 Å². The summed E-state index contributed by atoms with van der Waals surface area (Å²) in [6.45, 7) is 2.16. The first kappa shape index (κ1) is 28.5. The minimum Gasteiger partial charge on any atom is -0.462 e. The number of rotatable bonds is 8. The van der Waals surface area contributed by atoms with Gasteiger partial charge in [-0.15, -0.1) is 17.5 Å². The molecular formula is C35H35BrO4S. The molecule has 4 nitrogen and oxygen atoms in total. The van der Waals surface area contributed by atoms with Gasteiger partial charge in [0.15, 0.2) is 5.79 Å². The predicted molar refractivity (Wildman–Crippen MR) is 166 cm³/mol. The molecule has 0 bridgehead atoms. The van der Waals surface area contributed by atoms with E-state index in [9.17, 15) is 4.79 Å². The second kappa shape index (κ2) is 12.7. The quantitative estimate of drug-likeness (QED) is 0.141. The van der Waals surface area contributed by atoms with Crippen molar-refractivity contribution in [2.24, 2.45) is 5.92 Å². The molecule has 1 spiro atoms. The summed E-state index contributed by atoms with van der Waals surface area (Å²) in [6, 6.07) is 26.9. The molecule has 0 amide bonds. The highest BCUT2D eigenvalue weighted by Gasteiger charge is 2.50. The van der Waals surface area contributed by atoms with Gasteiger partial charge in [-0.1, -0.05) is 66.7 Å². The van der Waals surface area contributed by atoms with E-state index in [0.29, 0.717) is 17.4 Å². The van der Waals surface area contributed by atoms with Gasteiger partial charge in [-0.25, -0.2) is 4.79 Å². The summed E-state index contributed by atoms with van der Waals surface area (Å²) < 4.78 is 20.0. The topological polar surface area (TPSA) is 44.8 Å². The Morgan fingerprint density at radius 3 is 2.10 bits per heavy atom. The molecule has 212 valence electrons. The van der Waals surface area contributed by atoms with Crippen LogP contribution in [0.25, 0.3) is 5.57 Å². The molecule has 1 saturated heterocycles. The van der Waals surface area contributed by atoms with Gasteiger partial charge in [0.2, 0.25) is 0 Å². The number of hydrogen-bond acceptors (Lipinski definition) is 5. The lowest BCUT2D eigenvalue weighted by molar-refractivity contribution is -0.198. The zero-order valence-corrected chi connectivity index (χ0v) is 25.7. The molecule has 1 heterocycles. The van der Waals surface area contributed by atoms with Crippen LogP contribution >= 0.6 is 27.7 Å². The van der Waals surface area contributed by atoms with Crippen molar-refractivity contribution in [3.63, 3.8) is 0 Å². The van der Waals surface area contributed by atoms with Crippen LogP contribution in [0.1, 0.15) is 74.3 Å². The molecule has 0 radical (unpaired) electrons. The van der Waals surface area contributed by atoms with Crippen LogP contribution in [0.5, 0.6) is 0 Å². The van der Waals surface area contributed by atoms with Gasteiger partial charge in [0.1, 0.15) is 17.8 Å². The number of thioether (sulfide) groups is 1. The lowest BCUT2D eigenvalue weighted by Crippen LogP contribution is -2.35. The first-order valence-corrected chi connectivity index (χ1v) is 16.3. The molecule has 3 aromatic carbocycles. The second-order valence-electron chi connectivity index (χ2n) is 11.0. The number of hydrogen-bond donors (Lipinski definition) is 0. The Bertz CT molecular complexity index is 1370. The van der Waals surface area contributed by atoms with E-state index in [2.05, 4.69) is 82.3 Å². The molecule has 2 saturated carbocycles. The maximum Gasteiger partial charge on any atom is 0.346 e. The van der Waals surface area contributed by atoms with Crippen LogP contribution < -0.4 is 0 Å². The summed E-state index contributed by atoms with van der Waals surface area (Å²) in [5.74, 6) is -0.681. The van der Waals surface area contributed by atoms with Gasteiger partial charge in [0.25, 0.3) is 0 Å². The van der Waals surface area contributed by atoms with Crippen molar-refractivity contribution in [2.75, 3.05) is 6.61 Å². The SMILES string of the molecule is CCOC(=O)C(=C=CC1CCC2(CC1)O[C@@H](c1ccccc1)[C@H](c1ccccc1)O2)c1ccc(SC2CC2)c(Br)c1. The van der Waals surface area contributed by atoms with E-state index < -0.39 is 5.79 Å². The Kier molecular flexibility index (Phi) is 8.85. The van der Waals surface area contributed by atoms with E-state index in [0.717, 1.165) is 46.8 Å². The Morgan fingerprint density at radius 1 is 0.951 bits per heavy atom. The molecule has 3 aliphatic rings. The average molecular weight is 632 g/mol. The van der Waals surface area contributed by atoms with Crippen molar-refractivity contribution < 1.29 is 19.0 Å². The van der Waals surface area contributed by atoms with E-state index in [4.69, 9.17) is 14.2 Å². The van der Waals surface area contributed by atoms with E-state index >= 15 is 0 Å². The van der Waals surface area contributed by atoms with Gasteiger partial charge in [-0.2, -0.15) is 0 Å². The van der Waals surface area contributed by atoms with Crippen LogP contribution in [0.2, 0.25) is 0 Å². The molecule has 2 aliphatic carbocycles. The minimum absolute atomic E-state index is 0.152. The fourth-order valence-electron chi connectivity index (χ4n) is 5.65. The maximum atomic E-state index is 12.9. The number of esters is 1. The lowest BCUT2D eigenvalue weighted by Gasteiger charge is -2.35. The molecular weight excluding hydrogens is 596 g/mol. The smallest absolute Gasteiger partial charge is 0.346 e. The molecule has 6 rings (SSSR count). The predicted octanol–water partition coefficient (Wildman–Crippen LogP) is 9.22. The Balaban J connectivity index is 1.20. The third-order valence-electron chi connectivity index (χ3n) is 7.99. The van der Waals surface area contributed by atoms with Crippen molar-refractivity contribution in [3.05, 3.63) is 112 Å². The molecule has 0 unspecified atom stereocenters. The van der Waals surface area contributed by atoms with Gasteiger partial charge in [0, 0.05) is 27.5 Å². The first-order chi connectivity index (χ1) is 20.0. The zero-order chi connectivity index (χ0) is 28.2. The molecule has 2 atom stereocenters. The Morgan fingerprint density at radius 2 is 1.56 bits per heavy atom. The van der Waals surface area contributed by atoms with E-state index in [1.54, 1.807) is 0 Å². The highest BCUT2D eigenvalue weighted by Crippen LogP contribution is 2.53. The second-order valence-corrected chi connectivity index (χ2v) is 13.2. The minimum atomic E-state index is -0.612. The summed E-state index contributed by atoms with van der Waals surface area (Å²) in [7, 11) is 0. The van der Waals surface area contributed by atoms with Crippen LogP contribution in [0.4, 0.5) is 0 Å². The van der Waals surface area contributed by atoms with Crippen molar-refractivity contribution in [1.82, 2.24) is 0 Å². The fraction of sp³-hybridized carbons (Fsp3) is 0.371. The summed E-state index contributed by atoms with van der Waals surface area (Å²) >= 11 is 5.61. The normalized spacial score (nSPS) is 21.8. The third-order valence-corrected chi connectivity index (χ3v) is 10.3. The summed E-state index contributed by atoms with van der Waals surface area (Å²) in [5, 5.41) is 0.713. The number of carbonyl (C=O) groups excluding carboxylic acids is 1. The number of carbonyl (C=O) groups is 1. The van der Waals surface area contributed by atoms with Crippen LogP contribution in [0, 0.1) is 5.92 Å². The van der Waals surface area contributed by atoms with Crippen LogP contribution in [0.15, 0.2) is 100 Å². The van der Waals surface area contributed by atoms with E-state index in [-0.39, 0.29) is 24.1 Å². The number of halogens is 1. The van der Waals surface area contributed by atoms with Crippen molar-refractivity contribution in [2.45, 2.75) is 73.6 Å². The summed E-state index contributed by atoms with van der Waals surface area (Å²) in [6.07, 6.45) is 7.66. The van der Waals surface area contributed by atoms with Crippen LogP contribution in [-0.2, 0) is 19.0 Å². The van der Waals surface area contributed by atoms with E-state index in [1.807, 2.05) is 43.0 Å². The molecule has 1 aliphatic heterocycles. The largest absolute Gasteiger partial charge is 0.462 e. The monoisotopic (exact) mass is 630 g/mol. The molecule has 3 aromatic rings. The zero-order valence-electron chi connectivity index (χ0n) is 23.3. The van der Waals surface area contributed by atoms with Crippen LogP contribution in [-0.4, -0.2) is 23.6 Å². The van der Waals surface area contributed by atoms with E-state index in [1.165, 1.54) is 17.7 Å². The average Bonchev–Trinajstić information content (AvgIpc) is 3.75. The molecule has 41 heavy (non-hydrogen) atoms. The van der Waals surface area contributed by atoms with Crippen LogP contribution in [0.3, 0.4) is 0 Å². The fourth-order valence-corrected chi connectivity index (χ4v) is 7.36. The third kappa shape index (κ3) is 6.74. The maximum absolute atomic E-state index is 12.9. The summed E-state index contributed by atoms with van der Waals surface area (Å²) in [4.78, 5) is 14.2. The standard InChI is InChI=1S/C35H35BrO4S/c1-2-38-34(37)29(27-14-18-31(30(36)23-27)41-28-15-16-28)17-13-24-19-21-35(22-20-24)39-32(25-9-5-3-6-10-25)33(40-35)26-11-7-4-8-12-26/h3-14,18,23-24,28,32-33H,2,15-16,19-22H2,1H3/t17?,32-,33-/m0/s1. The highest BCUT2D eigenvalue weighted by atomic mass is 79.9.